The number of rotatable bonds is 9. The molecule has 156 valence electrons. The van der Waals surface area contributed by atoms with E-state index in [0.29, 0.717) is 24.6 Å². The zero-order valence-corrected chi connectivity index (χ0v) is 17.4. The normalized spacial score (nSPS) is 15.2. The van der Waals surface area contributed by atoms with E-state index in [0.717, 1.165) is 44.8 Å². The maximum Gasteiger partial charge on any atom is 0.254 e. The first kappa shape index (κ1) is 21.3. The Morgan fingerprint density at radius 1 is 1.14 bits per heavy atom. The fraction of sp³-hybridized carbons (Fsp3) is 0.478. The van der Waals surface area contributed by atoms with Gasteiger partial charge in [0.1, 0.15) is 5.75 Å². The largest absolute Gasteiger partial charge is 0.496 e. The summed E-state index contributed by atoms with van der Waals surface area (Å²) >= 11 is 0. The number of piperidine rings is 1. The van der Waals surface area contributed by atoms with Gasteiger partial charge >= 0.3 is 0 Å². The summed E-state index contributed by atoms with van der Waals surface area (Å²) in [5.41, 5.74) is 1.91. The van der Waals surface area contributed by atoms with Crippen molar-refractivity contribution in [1.29, 1.82) is 0 Å². The number of aromatic nitrogens is 1. The Morgan fingerprint density at radius 3 is 2.55 bits per heavy atom. The van der Waals surface area contributed by atoms with Gasteiger partial charge in [0.15, 0.2) is 0 Å². The summed E-state index contributed by atoms with van der Waals surface area (Å²) in [6.45, 7) is 4.89. The van der Waals surface area contributed by atoms with Crippen LogP contribution >= 0.6 is 0 Å². The van der Waals surface area contributed by atoms with E-state index >= 15 is 0 Å². The number of likely N-dealkylation sites (tertiary alicyclic amines) is 1. The molecular formula is C23H31N3O3. The minimum atomic E-state index is 0.0564. The highest BCUT2D eigenvalue weighted by Gasteiger charge is 2.24. The molecule has 0 unspecified atom stereocenters. The number of para-hydroxylation sites is 1. The van der Waals surface area contributed by atoms with Crippen LogP contribution in [0, 0.1) is 5.92 Å². The van der Waals surface area contributed by atoms with E-state index < -0.39 is 0 Å². The van der Waals surface area contributed by atoms with Crippen LogP contribution < -0.4 is 4.74 Å². The van der Waals surface area contributed by atoms with Crippen LogP contribution in [0.4, 0.5) is 0 Å². The van der Waals surface area contributed by atoms with Gasteiger partial charge in [0.2, 0.25) is 0 Å². The second-order valence-corrected chi connectivity index (χ2v) is 7.51. The molecular weight excluding hydrogens is 366 g/mol. The van der Waals surface area contributed by atoms with Crippen LogP contribution in [0.5, 0.6) is 5.75 Å². The van der Waals surface area contributed by atoms with Gasteiger partial charge < -0.3 is 14.4 Å². The predicted octanol–water partition coefficient (Wildman–Crippen LogP) is 3.09. The molecule has 0 atom stereocenters. The predicted molar refractivity (Wildman–Crippen MR) is 113 cm³/mol. The zero-order valence-electron chi connectivity index (χ0n) is 17.4. The summed E-state index contributed by atoms with van der Waals surface area (Å²) in [5.74, 6) is 1.51. The van der Waals surface area contributed by atoms with Crippen LogP contribution in [0.15, 0.2) is 48.8 Å². The summed E-state index contributed by atoms with van der Waals surface area (Å²) < 4.78 is 10.7. The van der Waals surface area contributed by atoms with Crippen molar-refractivity contribution in [1.82, 2.24) is 14.8 Å². The van der Waals surface area contributed by atoms with Crippen molar-refractivity contribution in [3.8, 4) is 5.75 Å². The molecule has 0 radical (unpaired) electrons. The van der Waals surface area contributed by atoms with Crippen LogP contribution in [-0.2, 0) is 11.3 Å². The van der Waals surface area contributed by atoms with Crippen LogP contribution in [0.1, 0.15) is 28.8 Å². The molecule has 0 bridgehead atoms. The van der Waals surface area contributed by atoms with Gasteiger partial charge in [-0.2, -0.15) is 0 Å². The summed E-state index contributed by atoms with van der Waals surface area (Å²) in [7, 11) is 3.39. The Balaban J connectivity index is 1.55. The molecule has 0 saturated carbocycles. The number of hydrogen-bond acceptors (Lipinski definition) is 5. The Morgan fingerprint density at radius 2 is 1.86 bits per heavy atom. The van der Waals surface area contributed by atoms with E-state index in [1.807, 2.05) is 17.0 Å². The number of pyridine rings is 1. The number of benzene rings is 1. The fourth-order valence-electron chi connectivity index (χ4n) is 3.87. The van der Waals surface area contributed by atoms with Crippen molar-refractivity contribution in [3.63, 3.8) is 0 Å². The third-order valence-corrected chi connectivity index (χ3v) is 5.55. The third kappa shape index (κ3) is 6.02. The van der Waals surface area contributed by atoms with Crippen molar-refractivity contribution >= 4 is 5.91 Å². The first-order chi connectivity index (χ1) is 14.2. The van der Waals surface area contributed by atoms with Gasteiger partial charge in [-0.05, 0) is 50.0 Å². The highest BCUT2D eigenvalue weighted by atomic mass is 16.5. The highest BCUT2D eigenvalue weighted by Crippen LogP contribution is 2.24. The Labute approximate surface area is 173 Å². The summed E-state index contributed by atoms with van der Waals surface area (Å²) in [4.78, 5) is 21.3. The van der Waals surface area contributed by atoms with Crippen LogP contribution in [0.2, 0.25) is 0 Å². The molecule has 1 fully saturated rings. The van der Waals surface area contributed by atoms with E-state index in [4.69, 9.17) is 9.47 Å². The Bertz CT molecular complexity index is 761. The molecule has 6 nitrogen and oxygen atoms in total. The highest BCUT2D eigenvalue weighted by molar-refractivity contribution is 5.94. The molecule has 0 spiro atoms. The lowest BCUT2D eigenvalue weighted by Crippen LogP contribution is -2.42. The number of carbonyl (C=O) groups is 1. The molecule has 2 heterocycles. The van der Waals surface area contributed by atoms with Gasteiger partial charge in [-0.1, -0.05) is 18.2 Å². The van der Waals surface area contributed by atoms with Crippen LogP contribution in [-0.4, -0.2) is 67.7 Å². The lowest BCUT2D eigenvalue weighted by atomic mass is 9.95. The minimum absolute atomic E-state index is 0.0564. The van der Waals surface area contributed by atoms with Gasteiger partial charge in [-0.3, -0.25) is 14.7 Å². The number of amides is 1. The maximum atomic E-state index is 12.9. The average Bonchev–Trinajstić information content (AvgIpc) is 2.78. The standard InChI is InChI=1S/C23H31N3O3/c1-28-16-15-26(23(27)20-7-11-24-12-8-20)17-19-9-13-25(14-10-19)18-21-5-3-4-6-22(21)29-2/h3-8,11-12,19H,9-10,13-18H2,1-2H3. The number of methoxy groups -OCH3 is 2. The first-order valence-electron chi connectivity index (χ1n) is 10.2. The third-order valence-electron chi connectivity index (χ3n) is 5.55. The fourth-order valence-corrected chi connectivity index (χ4v) is 3.87. The van der Waals surface area contributed by atoms with E-state index in [2.05, 4.69) is 22.0 Å². The monoisotopic (exact) mass is 397 g/mol. The SMILES string of the molecule is COCCN(CC1CCN(Cc2ccccc2OC)CC1)C(=O)c1ccncc1. The van der Waals surface area contributed by atoms with Gasteiger partial charge in [0, 0.05) is 50.3 Å². The molecule has 2 aromatic rings. The summed E-state index contributed by atoms with van der Waals surface area (Å²) in [5, 5.41) is 0. The lowest BCUT2D eigenvalue weighted by Gasteiger charge is -2.35. The van der Waals surface area contributed by atoms with E-state index in [1.54, 1.807) is 38.7 Å². The molecule has 6 heteroatoms. The van der Waals surface area contributed by atoms with Crippen LogP contribution in [0.25, 0.3) is 0 Å². The van der Waals surface area contributed by atoms with Gasteiger partial charge in [-0.15, -0.1) is 0 Å². The van der Waals surface area contributed by atoms with Crippen molar-refractivity contribution in [2.24, 2.45) is 5.92 Å². The average molecular weight is 398 g/mol. The summed E-state index contributed by atoms with van der Waals surface area (Å²) in [6, 6.07) is 11.8. The van der Waals surface area contributed by atoms with Crippen molar-refractivity contribution in [2.75, 3.05) is 47.0 Å². The molecule has 1 aromatic carbocycles. The summed E-state index contributed by atoms with van der Waals surface area (Å²) in [6.07, 6.45) is 5.50. The van der Waals surface area contributed by atoms with Gasteiger partial charge in [-0.25, -0.2) is 0 Å². The molecule has 29 heavy (non-hydrogen) atoms. The number of ether oxygens (including phenoxy) is 2. The Hall–Kier alpha value is -2.44. The molecule has 0 N–H and O–H groups in total. The molecule has 1 aliphatic heterocycles. The van der Waals surface area contributed by atoms with Gasteiger partial charge in [0.05, 0.1) is 13.7 Å². The zero-order chi connectivity index (χ0) is 20.5. The van der Waals surface area contributed by atoms with Crippen molar-refractivity contribution in [2.45, 2.75) is 19.4 Å². The molecule has 1 aromatic heterocycles. The van der Waals surface area contributed by atoms with E-state index in [9.17, 15) is 4.79 Å². The minimum Gasteiger partial charge on any atom is -0.496 e. The number of hydrogen-bond donors (Lipinski definition) is 0. The molecule has 0 aliphatic carbocycles. The maximum absolute atomic E-state index is 12.9. The van der Waals surface area contributed by atoms with E-state index in [-0.39, 0.29) is 5.91 Å². The smallest absolute Gasteiger partial charge is 0.254 e. The lowest BCUT2D eigenvalue weighted by molar-refractivity contribution is 0.0617. The Kier molecular flexibility index (Phi) is 8.02. The topological polar surface area (TPSA) is 54.9 Å². The van der Waals surface area contributed by atoms with Crippen molar-refractivity contribution < 1.29 is 14.3 Å². The molecule has 3 rings (SSSR count). The van der Waals surface area contributed by atoms with Crippen LogP contribution in [0.3, 0.4) is 0 Å². The van der Waals surface area contributed by atoms with Crippen molar-refractivity contribution in [3.05, 3.63) is 59.9 Å². The second kappa shape index (κ2) is 10.9. The second-order valence-electron chi connectivity index (χ2n) is 7.51. The first-order valence-corrected chi connectivity index (χ1v) is 10.2. The quantitative estimate of drug-likeness (QED) is 0.651. The molecule has 1 saturated heterocycles. The number of nitrogens with zero attached hydrogens (tertiary/aromatic N) is 3. The van der Waals surface area contributed by atoms with E-state index in [1.165, 1.54) is 5.56 Å². The molecule has 1 aliphatic rings. The number of carbonyl (C=O) groups excluding carboxylic acids is 1. The van der Waals surface area contributed by atoms with Gasteiger partial charge in [0.25, 0.3) is 5.91 Å². The molecule has 1 amide bonds.